The molecule has 0 fully saturated rings. The van der Waals surface area contributed by atoms with E-state index in [9.17, 15) is 14.0 Å². The maximum atomic E-state index is 13.6. The number of aromatic nitrogens is 1. The first-order valence-corrected chi connectivity index (χ1v) is 11.9. The monoisotopic (exact) mass is 488 g/mol. The first kappa shape index (κ1) is 22.7. The molecule has 0 N–H and O–H groups in total. The van der Waals surface area contributed by atoms with Crippen molar-refractivity contribution < 1.29 is 18.3 Å². The number of esters is 1. The van der Waals surface area contributed by atoms with Crippen LogP contribution in [0.25, 0.3) is 17.4 Å². The third kappa shape index (κ3) is 4.28. The Morgan fingerprint density at radius 2 is 1.89 bits per heavy atom. The minimum atomic E-state index is -0.653. The molecule has 0 saturated carbocycles. The summed E-state index contributed by atoms with van der Waals surface area (Å²) in [5.41, 5.74) is 2.09. The van der Waals surface area contributed by atoms with Crippen molar-refractivity contribution in [2.45, 2.75) is 19.9 Å². The van der Waals surface area contributed by atoms with E-state index < -0.39 is 12.0 Å². The van der Waals surface area contributed by atoms with Gasteiger partial charge < -0.3 is 9.15 Å². The van der Waals surface area contributed by atoms with E-state index in [1.54, 1.807) is 44.2 Å². The highest BCUT2D eigenvalue weighted by molar-refractivity contribution is 7.07. The molecule has 4 aromatic rings. The highest BCUT2D eigenvalue weighted by Gasteiger charge is 2.33. The van der Waals surface area contributed by atoms with Gasteiger partial charge in [0.25, 0.3) is 5.56 Å². The van der Waals surface area contributed by atoms with Crippen molar-refractivity contribution in [1.82, 2.24) is 4.57 Å². The van der Waals surface area contributed by atoms with Crippen LogP contribution in [0, 0.1) is 5.82 Å². The molecule has 1 aliphatic heterocycles. The smallest absolute Gasteiger partial charge is 0.338 e. The Hall–Kier alpha value is -4.04. The molecule has 0 aliphatic carbocycles. The number of furan rings is 1. The molecule has 1 atom stereocenters. The van der Waals surface area contributed by atoms with Gasteiger partial charge in [-0.2, -0.15) is 0 Å². The van der Waals surface area contributed by atoms with E-state index in [4.69, 9.17) is 9.15 Å². The number of ether oxygens (including phenoxy) is 1. The fourth-order valence-corrected chi connectivity index (χ4v) is 5.10. The zero-order valence-corrected chi connectivity index (χ0v) is 19.8. The van der Waals surface area contributed by atoms with Crippen LogP contribution in [0.2, 0.25) is 0 Å². The zero-order chi connectivity index (χ0) is 24.5. The molecule has 0 radical (unpaired) electrons. The maximum absolute atomic E-state index is 13.6. The second-order valence-corrected chi connectivity index (χ2v) is 8.93. The molecule has 2 aromatic heterocycles. The van der Waals surface area contributed by atoms with Gasteiger partial charge in [0.2, 0.25) is 0 Å². The van der Waals surface area contributed by atoms with Crippen LogP contribution in [-0.4, -0.2) is 17.1 Å². The molecule has 0 spiro atoms. The lowest BCUT2D eigenvalue weighted by Gasteiger charge is -2.24. The average Bonchev–Trinajstić information content (AvgIpc) is 3.44. The molecular formula is C27H21FN2O4S. The molecule has 176 valence electrons. The molecule has 6 nitrogen and oxygen atoms in total. The lowest BCUT2D eigenvalue weighted by atomic mass is 9.96. The molecule has 2 aromatic carbocycles. The Labute approximate surface area is 203 Å². The van der Waals surface area contributed by atoms with Crippen LogP contribution in [0.5, 0.6) is 0 Å². The standard InChI is InChI=1S/C27H21FN2O4S/c1-3-33-26(32)23-16(2)29-27-30(24(23)18-7-5-4-6-8-18)25(31)22(35-27)15-20-13-14-21(34-20)17-9-11-19(28)12-10-17/h4-15,24H,3H2,1-2H3. The molecule has 5 rings (SSSR count). The van der Waals surface area contributed by atoms with Crippen LogP contribution < -0.4 is 14.9 Å². The van der Waals surface area contributed by atoms with Gasteiger partial charge in [-0.3, -0.25) is 9.36 Å². The highest BCUT2D eigenvalue weighted by atomic mass is 32.1. The van der Waals surface area contributed by atoms with Crippen molar-refractivity contribution >= 4 is 23.4 Å². The molecule has 35 heavy (non-hydrogen) atoms. The summed E-state index contributed by atoms with van der Waals surface area (Å²) in [6.45, 7) is 3.71. The minimum absolute atomic E-state index is 0.219. The van der Waals surface area contributed by atoms with Gasteiger partial charge in [-0.15, -0.1) is 0 Å². The number of fused-ring (bicyclic) bond motifs is 1. The summed E-state index contributed by atoms with van der Waals surface area (Å²) >= 11 is 1.23. The quantitative estimate of drug-likeness (QED) is 0.395. The number of allylic oxidation sites excluding steroid dienone is 1. The van der Waals surface area contributed by atoms with Crippen molar-refractivity contribution in [3.8, 4) is 11.3 Å². The Morgan fingerprint density at radius 3 is 2.60 bits per heavy atom. The van der Waals surface area contributed by atoms with E-state index in [0.29, 0.717) is 32.1 Å². The predicted octanol–water partition coefficient (Wildman–Crippen LogP) is 4.20. The number of hydrogen-bond donors (Lipinski definition) is 0. The maximum Gasteiger partial charge on any atom is 0.338 e. The lowest BCUT2D eigenvalue weighted by Crippen LogP contribution is -2.39. The van der Waals surface area contributed by atoms with Crippen LogP contribution >= 0.6 is 11.3 Å². The SMILES string of the molecule is CCOC(=O)C1=C(C)N=c2sc(=Cc3ccc(-c4ccc(F)cc4)o3)c(=O)n2C1c1ccccc1. The normalized spacial score (nSPS) is 15.6. The van der Waals surface area contributed by atoms with E-state index in [2.05, 4.69) is 4.99 Å². The Kier molecular flexibility index (Phi) is 6.05. The van der Waals surface area contributed by atoms with Gasteiger partial charge >= 0.3 is 5.97 Å². The molecule has 8 heteroatoms. The van der Waals surface area contributed by atoms with Gasteiger partial charge in [0, 0.05) is 11.6 Å². The second kappa shape index (κ2) is 9.31. The van der Waals surface area contributed by atoms with E-state index in [-0.39, 0.29) is 18.0 Å². The summed E-state index contributed by atoms with van der Waals surface area (Å²) in [6.07, 6.45) is 1.66. The topological polar surface area (TPSA) is 73.8 Å². The van der Waals surface area contributed by atoms with Gasteiger partial charge in [0.15, 0.2) is 4.80 Å². The predicted molar refractivity (Wildman–Crippen MR) is 131 cm³/mol. The number of nitrogens with zero attached hydrogens (tertiary/aromatic N) is 2. The minimum Gasteiger partial charge on any atom is -0.463 e. The van der Waals surface area contributed by atoms with E-state index in [0.717, 1.165) is 11.1 Å². The lowest BCUT2D eigenvalue weighted by molar-refractivity contribution is -0.139. The second-order valence-electron chi connectivity index (χ2n) is 7.92. The van der Waals surface area contributed by atoms with Crippen molar-refractivity contribution in [3.63, 3.8) is 0 Å². The third-order valence-electron chi connectivity index (χ3n) is 5.66. The first-order chi connectivity index (χ1) is 17.0. The summed E-state index contributed by atoms with van der Waals surface area (Å²) in [6, 6.07) is 18.2. The molecule has 3 heterocycles. The van der Waals surface area contributed by atoms with Crippen molar-refractivity contribution in [2.75, 3.05) is 6.61 Å². The molecule has 0 amide bonds. The molecule has 0 saturated heterocycles. The van der Waals surface area contributed by atoms with Crippen LogP contribution in [-0.2, 0) is 9.53 Å². The molecule has 0 bridgehead atoms. The largest absolute Gasteiger partial charge is 0.463 e. The summed E-state index contributed by atoms with van der Waals surface area (Å²) in [5, 5.41) is 0. The number of carbonyl (C=O) groups is 1. The third-order valence-corrected chi connectivity index (χ3v) is 6.64. The summed E-state index contributed by atoms with van der Waals surface area (Å²) < 4.78 is 26.4. The first-order valence-electron chi connectivity index (χ1n) is 11.1. The summed E-state index contributed by atoms with van der Waals surface area (Å²) in [4.78, 5) is 31.5. The van der Waals surface area contributed by atoms with Gasteiger partial charge in [-0.1, -0.05) is 41.7 Å². The molecular weight excluding hydrogens is 467 g/mol. The number of hydrogen-bond acceptors (Lipinski definition) is 6. The summed E-state index contributed by atoms with van der Waals surface area (Å²) in [5.74, 6) is 0.220. The zero-order valence-electron chi connectivity index (χ0n) is 19.0. The number of rotatable bonds is 5. The van der Waals surface area contributed by atoms with Crippen molar-refractivity contribution in [1.29, 1.82) is 0 Å². The van der Waals surface area contributed by atoms with Crippen molar-refractivity contribution in [3.05, 3.63) is 115 Å². The van der Waals surface area contributed by atoms with Crippen LogP contribution in [0.1, 0.15) is 31.2 Å². The van der Waals surface area contributed by atoms with Gasteiger partial charge in [-0.25, -0.2) is 14.2 Å². The van der Waals surface area contributed by atoms with E-state index in [1.807, 2.05) is 30.3 Å². The fraction of sp³-hybridized carbons (Fsp3) is 0.148. The van der Waals surface area contributed by atoms with Gasteiger partial charge in [0.05, 0.1) is 28.5 Å². The van der Waals surface area contributed by atoms with Crippen molar-refractivity contribution in [2.24, 2.45) is 4.99 Å². The van der Waals surface area contributed by atoms with Crippen LogP contribution in [0.3, 0.4) is 0 Å². The Bertz CT molecular complexity index is 1610. The number of carbonyl (C=O) groups excluding carboxylic acids is 1. The number of halogens is 1. The van der Waals surface area contributed by atoms with E-state index >= 15 is 0 Å². The average molecular weight is 489 g/mol. The summed E-state index contributed by atoms with van der Waals surface area (Å²) in [7, 11) is 0. The number of benzene rings is 2. The Balaban J connectivity index is 1.62. The van der Waals surface area contributed by atoms with E-state index in [1.165, 1.54) is 28.0 Å². The van der Waals surface area contributed by atoms with Gasteiger partial charge in [0.1, 0.15) is 17.3 Å². The van der Waals surface area contributed by atoms with Crippen LogP contribution in [0.15, 0.2) is 92.2 Å². The van der Waals surface area contributed by atoms with Crippen LogP contribution in [0.4, 0.5) is 4.39 Å². The highest BCUT2D eigenvalue weighted by Crippen LogP contribution is 2.30. The fourth-order valence-electron chi connectivity index (χ4n) is 4.07. The molecule has 1 aliphatic rings. The Morgan fingerprint density at radius 1 is 1.14 bits per heavy atom. The molecule has 1 unspecified atom stereocenters. The number of thiazole rings is 1. The van der Waals surface area contributed by atoms with Gasteiger partial charge in [-0.05, 0) is 55.8 Å².